The van der Waals surface area contributed by atoms with Crippen LogP contribution in [0.3, 0.4) is 0 Å². The third kappa shape index (κ3) is 6.01. The molecule has 0 heterocycles. The Kier molecular flexibility index (Phi) is 6.98. The highest BCUT2D eigenvalue weighted by molar-refractivity contribution is 6.27. The molecule has 0 aliphatic heterocycles. The van der Waals surface area contributed by atoms with E-state index in [-0.39, 0.29) is 18.2 Å². The number of esters is 1. The second-order valence-corrected chi connectivity index (χ2v) is 4.58. The highest BCUT2D eigenvalue weighted by atomic mass is 35.5. The Morgan fingerprint density at radius 1 is 1.14 bits per heavy atom. The van der Waals surface area contributed by atoms with Crippen molar-refractivity contribution < 1.29 is 24.2 Å². The van der Waals surface area contributed by atoms with Crippen molar-refractivity contribution in [3.63, 3.8) is 0 Å². The van der Waals surface area contributed by atoms with Gasteiger partial charge in [-0.25, -0.2) is 4.79 Å². The summed E-state index contributed by atoms with van der Waals surface area (Å²) in [4.78, 5) is 33.2. The van der Waals surface area contributed by atoms with Gasteiger partial charge in [-0.2, -0.15) is 0 Å². The molecule has 0 bridgehead atoms. The molecule has 1 atom stereocenters. The highest BCUT2D eigenvalue weighted by Gasteiger charge is 2.19. The van der Waals surface area contributed by atoms with Gasteiger partial charge in [-0.05, 0) is 17.7 Å². The number of carboxylic acids is 1. The second kappa shape index (κ2) is 8.49. The first-order chi connectivity index (χ1) is 9.96. The molecule has 114 valence electrons. The van der Waals surface area contributed by atoms with E-state index >= 15 is 0 Å². The Hall–Kier alpha value is -1.79. The van der Waals surface area contributed by atoms with E-state index in [1.165, 1.54) is 12.1 Å². The van der Waals surface area contributed by atoms with E-state index in [1.807, 2.05) is 0 Å². The predicted molar refractivity (Wildman–Crippen MR) is 76.8 cm³/mol. The van der Waals surface area contributed by atoms with E-state index in [1.54, 1.807) is 12.1 Å². The van der Waals surface area contributed by atoms with Crippen molar-refractivity contribution in [2.75, 3.05) is 11.8 Å². The number of benzene rings is 1. The number of nitrogens with one attached hydrogen (secondary N) is 1. The van der Waals surface area contributed by atoms with Crippen molar-refractivity contribution in [2.24, 2.45) is 0 Å². The maximum absolute atomic E-state index is 11.1. The zero-order valence-corrected chi connectivity index (χ0v) is 12.4. The van der Waals surface area contributed by atoms with Crippen molar-refractivity contribution in [1.82, 2.24) is 5.32 Å². The Labute approximate surface area is 131 Å². The summed E-state index contributed by atoms with van der Waals surface area (Å²) in [5, 5.41) is 11.3. The molecular formula is C13H13Cl2NO5. The summed E-state index contributed by atoms with van der Waals surface area (Å²) >= 11 is 10.6. The summed E-state index contributed by atoms with van der Waals surface area (Å²) in [6.07, 6.45) is 0.0850. The van der Waals surface area contributed by atoms with Crippen LogP contribution in [-0.2, 0) is 20.8 Å². The lowest BCUT2D eigenvalue weighted by Gasteiger charge is -2.14. The maximum atomic E-state index is 11.1. The van der Waals surface area contributed by atoms with Gasteiger partial charge in [0.25, 0.3) is 0 Å². The number of alkyl halides is 2. The van der Waals surface area contributed by atoms with Crippen LogP contribution in [0.25, 0.3) is 0 Å². The van der Waals surface area contributed by atoms with Crippen LogP contribution in [0.2, 0.25) is 0 Å². The van der Waals surface area contributed by atoms with E-state index < -0.39 is 23.9 Å². The van der Waals surface area contributed by atoms with Crippen LogP contribution in [0.5, 0.6) is 5.75 Å². The molecule has 8 heteroatoms. The minimum Gasteiger partial charge on any atom is -0.480 e. The Morgan fingerprint density at radius 3 is 2.24 bits per heavy atom. The monoisotopic (exact) mass is 333 g/mol. The van der Waals surface area contributed by atoms with E-state index in [2.05, 4.69) is 5.32 Å². The van der Waals surface area contributed by atoms with Gasteiger partial charge in [0.2, 0.25) is 5.91 Å². The maximum Gasteiger partial charge on any atom is 0.326 e. The summed E-state index contributed by atoms with van der Waals surface area (Å²) in [5.74, 6) is -2.56. The lowest BCUT2D eigenvalue weighted by molar-refractivity contribution is -0.141. The number of halogens is 2. The summed E-state index contributed by atoms with van der Waals surface area (Å²) in [7, 11) is 0. The molecule has 1 amide bonds. The first-order valence-electron chi connectivity index (χ1n) is 5.90. The fourth-order valence-electron chi connectivity index (χ4n) is 1.52. The first-order valence-corrected chi connectivity index (χ1v) is 6.97. The minimum absolute atomic E-state index is 0.0850. The van der Waals surface area contributed by atoms with Crippen LogP contribution >= 0.6 is 23.2 Å². The van der Waals surface area contributed by atoms with E-state index in [0.29, 0.717) is 11.3 Å². The van der Waals surface area contributed by atoms with Crippen molar-refractivity contribution in [3.05, 3.63) is 29.8 Å². The van der Waals surface area contributed by atoms with Gasteiger partial charge in [0.05, 0.1) is 0 Å². The molecule has 0 saturated carbocycles. The number of rotatable bonds is 7. The van der Waals surface area contributed by atoms with Crippen LogP contribution in [0, 0.1) is 0 Å². The van der Waals surface area contributed by atoms with E-state index in [9.17, 15) is 14.4 Å². The van der Waals surface area contributed by atoms with Gasteiger partial charge >= 0.3 is 11.9 Å². The number of hydrogen-bond acceptors (Lipinski definition) is 4. The zero-order chi connectivity index (χ0) is 15.8. The van der Waals surface area contributed by atoms with E-state index in [0.717, 1.165) is 0 Å². The molecular weight excluding hydrogens is 321 g/mol. The molecule has 0 saturated heterocycles. The molecule has 2 N–H and O–H groups in total. The molecule has 0 fully saturated rings. The number of amides is 1. The predicted octanol–water partition coefficient (Wildman–Crippen LogP) is 1.18. The molecule has 0 unspecified atom stereocenters. The molecule has 21 heavy (non-hydrogen) atoms. The molecule has 1 aromatic rings. The van der Waals surface area contributed by atoms with Crippen molar-refractivity contribution >= 4 is 41.0 Å². The van der Waals surface area contributed by atoms with Crippen molar-refractivity contribution in [1.29, 1.82) is 0 Å². The summed E-state index contributed by atoms with van der Waals surface area (Å²) < 4.78 is 4.88. The molecule has 0 radical (unpaired) electrons. The molecule has 1 rings (SSSR count). The fraction of sp³-hybridized carbons (Fsp3) is 0.308. The number of carbonyl (C=O) groups is 3. The first kappa shape index (κ1) is 17.3. The van der Waals surface area contributed by atoms with Gasteiger partial charge in [0.1, 0.15) is 23.6 Å². The van der Waals surface area contributed by atoms with E-state index in [4.69, 9.17) is 33.0 Å². The summed E-state index contributed by atoms with van der Waals surface area (Å²) in [6, 6.07) is 5.15. The largest absolute Gasteiger partial charge is 0.480 e. The van der Waals surface area contributed by atoms with Crippen LogP contribution in [-0.4, -0.2) is 40.8 Å². The summed E-state index contributed by atoms with van der Waals surface area (Å²) in [5.41, 5.74) is 0.656. The second-order valence-electron chi connectivity index (χ2n) is 4.05. The lowest BCUT2D eigenvalue weighted by atomic mass is 10.1. The van der Waals surface area contributed by atoms with Gasteiger partial charge in [-0.15, -0.1) is 23.2 Å². The Morgan fingerprint density at radius 2 is 1.76 bits per heavy atom. The molecule has 0 aliphatic carbocycles. The summed E-state index contributed by atoms with van der Waals surface area (Å²) in [6.45, 7) is 0. The molecule has 0 aliphatic rings. The number of ether oxygens (including phenoxy) is 1. The number of carbonyl (C=O) groups excluding carboxylic acids is 2. The third-order valence-corrected chi connectivity index (χ3v) is 2.92. The van der Waals surface area contributed by atoms with Gasteiger partial charge < -0.3 is 15.2 Å². The van der Waals surface area contributed by atoms with Gasteiger partial charge in [-0.3, -0.25) is 9.59 Å². The van der Waals surface area contributed by atoms with Crippen molar-refractivity contribution in [3.8, 4) is 5.75 Å². The molecule has 6 nitrogen and oxygen atoms in total. The molecule has 0 aromatic heterocycles. The van der Waals surface area contributed by atoms with Crippen molar-refractivity contribution in [2.45, 2.75) is 12.5 Å². The minimum atomic E-state index is -1.16. The quantitative estimate of drug-likeness (QED) is 0.444. The SMILES string of the molecule is O=C(CCl)N[C@@H](Cc1ccc(OC(=O)CCl)cc1)C(=O)O. The Balaban J connectivity index is 2.69. The number of carboxylic acid groups (broad SMARTS) is 1. The van der Waals surface area contributed by atoms with Crippen LogP contribution in [0.1, 0.15) is 5.56 Å². The standard InChI is InChI=1S/C13H13Cl2NO5/c14-6-11(17)16-10(13(19)20)5-8-1-3-9(4-2-8)21-12(18)7-15/h1-4,10H,5-7H2,(H,16,17)(H,19,20)/t10-/m0/s1. The highest BCUT2D eigenvalue weighted by Crippen LogP contribution is 2.14. The Bertz CT molecular complexity index is 518. The topological polar surface area (TPSA) is 92.7 Å². The zero-order valence-electron chi connectivity index (χ0n) is 10.8. The molecule has 0 spiro atoms. The van der Waals surface area contributed by atoms with Crippen LogP contribution < -0.4 is 10.1 Å². The van der Waals surface area contributed by atoms with Gasteiger partial charge in [-0.1, -0.05) is 12.1 Å². The average Bonchev–Trinajstić information content (AvgIpc) is 2.47. The number of aliphatic carboxylic acids is 1. The third-order valence-electron chi connectivity index (χ3n) is 2.46. The smallest absolute Gasteiger partial charge is 0.326 e. The van der Waals surface area contributed by atoms with Gasteiger partial charge in [0, 0.05) is 6.42 Å². The lowest BCUT2D eigenvalue weighted by Crippen LogP contribution is -2.42. The van der Waals surface area contributed by atoms with Crippen LogP contribution in [0.15, 0.2) is 24.3 Å². The average molecular weight is 334 g/mol. The number of hydrogen-bond donors (Lipinski definition) is 2. The fourth-order valence-corrected chi connectivity index (χ4v) is 1.65. The molecule has 1 aromatic carbocycles. The normalized spacial score (nSPS) is 11.5. The van der Waals surface area contributed by atoms with Gasteiger partial charge in [0.15, 0.2) is 0 Å². The van der Waals surface area contributed by atoms with Crippen LogP contribution in [0.4, 0.5) is 0 Å².